The topological polar surface area (TPSA) is 137 Å². The molecule has 2 amide bonds. The number of hydrogen-bond donors (Lipinski definition) is 2. The summed E-state index contributed by atoms with van der Waals surface area (Å²) in [5.41, 5.74) is 1.34. The predicted octanol–water partition coefficient (Wildman–Crippen LogP) is 3.70. The molecule has 15 heteroatoms. The van der Waals surface area contributed by atoms with Gasteiger partial charge >= 0.3 is 6.18 Å². The molecule has 4 rings (SSSR count). The van der Waals surface area contributed by atoms with E-state index in [0.717, 1.165) is 0 Å². The van der Waals surface area contributed by atoms with Gasteiger partial charge in [-0.2, -0.15) is 23.1 Å². The van der Waals surface area contributed by atoms with Gasteiger partial charge < -0.3 is 10.6 Å². The standard InChI is InChI=1S/C24H20ClF3N8O3/c1-12-8-14(13(2)37)9-16(21(38)29-3)20(12)30-22(39)19-10-15(11-35-33-23(31-34-35)24(26,27)28)32-36(19)18-7-5-4-6-17(18)25/h4-10H,11H2,1-3H3,(H,29,38)(H,30,39). The fraction of sp³-hybridized carbons (Fsp3) is 0.208. The molecule has 0 aliphatic heterocycles. The zero-order chi connectivity index (χ0) is 28.5. The van der Waals surface area contributed by atoms with Crippen LogP contribution in [0, 0.1) is 6.92 Å². The summed E-state index contributed by atoms with van der Waals surface area (Å²) in [5, 5.41) is 19.5. The number of para-hydroxylation sites is 1. The van der Waals surface area contributed by atoms with Gasteiger partial charge in [0.25, 0.3) is 17.6 Å². The maximum Gasteiger partial charge on any atom is 0.455 e. The van der Waals surface area contributed by atoms with Crippen LogP contribution in [0.1, 0.15) is 55.2 Å². The molecular weight excluding hydrogens is 541 g/mol. The van der Waals surface area contributed by atoms with Crippen molar-refractivity contribution >= 4 is 34.9 Å². The second-order valence-corrected chi connectivity index (χ2v) is 8.74. The maximum atomic E-state index is 13.5. The van der Waals surface area contributed by atoms with Crippen molar-refractivity contribution in [2.45, 2.75) is 26.6 Å². The van der Waals surface area contributed by atoms with Crippen molar-refractivity contribution in [2.75, 3.05) is 12.4 Å². The Bertz CT molecular complexity index is 1600. The van der Waals surface area contributed by atoms with Crippen LogP contribution in [0.3, 0.4) is 0 Å². The number of nitrogens with zero attached hydrogens (tertiary/aromatic N) is 6. The number of Topliss-reactive ketones (excluding diaryl/α,β-unsaturated/α-hetero) is 1. The number of ketones is 1. The monoisotopic (exact) mass is 560 g/mol. The normalized spacial score (nSPS) is 11.4. The van der Waals surface area contributed by atoms with Crippen LogP contribution in [0.15, 0.2) is 42.5 Å². The summed E-state index contributed by atoms with van der Waals surface area (Å²) < 4.78 is 39.9. The third-order valence-electron chi connectivity index (χ3n) is 5.54. The number of alkyl halides is 3. The van der Waals surface area contributed by atoms with E-state index in [9.17, 15) is 27.6 Å². The number of aromatic nitrogens is 6. The summed E-state index contributed by atoms with van der Waals surface area (Å²) in [7, 11) is 1.41. The summed E-state index contributed by atoms with van der Waals surface area (Å²) in [5.74, 6) is -2.93. The molecule has 0 spiro atoms. The Morgan fingerprint density at radius 1 is 1.05 bits per heavy atom. The van der Waals surface area contributed by atoms with Crippen LogP contribution in [0.25, 0.3) is 5.69 Å². The SMILES string of the molecule is CNC(=O)c1cc(C(C)=O)cc(C)c1NC(=O)c1cc(Cn2nnc(C(F)(F)F)n2)nn1-c1ccccc1Cl. The first-order valence-corrected chi connectivity index (χ1v) is 11.6. The third kappa shape index (κ3) is 5.80. The van der Waals surface area contributed by atoms with Crippen molar-refractivity contribution < 1.29 is 27.6 Å². The number of nitrogens with one attached hydrogen (secondary N) is 2. The van der Waals surface area contributed by atoms with Crippen LogP contribution >= 0.6 is 11.6 Å². The van der Waals surface area contributed by atoms with E-state index in [0.29, 0.717) is 16.0 Å². The number of benzene rings is 2. The molecule has 0 saturated heterocycles. The van der Waals surface area contributed by atoms with Crippen LogP contribution in [-0.2, 0) is 12.7 Å². The zero-order valence-electron chi connectivity index (χ0n) is 20.7. The van der Waals surface area contributed by atoms with E-state index < -0.39 is 23.8 Å². The predicted molar refractivity (Wildman–Crippen MR) is 133 cm³/mol. The molecule has 2 N–H and O–H groups in total. The van der Waals surface area contributed by atoms with Crippen LogP contribution in [0.5, 0.6) is 0 Å². The summed E-state index contributed by atoms with van der Waals surface area (Å²) in [6.45, 7) is 2.64. The number of hydrogen-bond acceptors (Lipinski definition) is 7. The average molecular weight is 561 g/mol. The van der Waals surface area contributed by atoms with Gasteiger partial charge in [-0.05, 0) is 55.0 Å². The first kappa shape index (κ1) is 27.4. The Hall–Kier alpha value is -4.59. The molecule has 39 heavy (non-hydrogen) atoms. The van der Waals surface area contributed by atoms with Crippen LogP contribution in [-0.4, -0.2) is 54.6 Å². The van der Waals surface area contributed by atoms with E-state index >= 15 is 0 Å². The van der Waals surface area contributed by atoms with Crippen LogP contribution < -0.4 is 10.6 Å². The number of amides is 2. The molecule has 0 radical (unpaired) electrons. The van der Waals surface area contributed by atoms with E-state index in [1.54, 1.807) is 31.2 Å². The minimum Gasteiger partial charge on any atom is -0.355 e. The van der Waals surface area contributed by atoms with Gasteiger partial charge in [-0.1, -0.05) is 23.7 Å². The molecule has 0 aliphatic rings. The number of tetrazole rings is 1. The number of carbonyl (C=O) groups is 3. The summed E-state index contributed by atoms with van der Waals surface area (Å²) >= 11 is 6.33. The van der Waals surface area contributed by atoms with Gasteiger partial charge in [-0.3, -0.25) is 14.4 Å². The van der Waals surface area contributed by atoms with Gasteiger partial charge in [0, 0.05) is 12.6 Å². The highest BCUT2D eigenvalue weighted by Crippen LogP contribution is 2.27. The quantitative estimate of drug-likeness (QED) is 0.329. The molecule has 2 aromatic carbocycles. The molecule has 0 bridgehead atoms. The van der Waals surface area contributed by atoms with Crippen molar-refractivity contribution in [1.29, 1.82) is 0 Å². The van der Waals surface area contributed by atoms with Crippen molar-refractivity contribution in [2.24, 2.45) is 0 Å². The average Bonchev–Trinajstić information content (AvgIpc) is 3.52. The van der Waals surface area contributed by atoms with E-state index in [-0.39, 0.29) is 45.6 Å². The fourth-order valence-corrected chi connectivity index (χ4v) is 3.91. The fourth-order valence-electron chi connectivity index (χ4n) is 3.69. The Labute approximate surface area is 223 Å². The summed E-state index contributed by atoms with van der Waals surface area (Å²) in [6, 6.07) is 10.7. The highest BCUT2D eigenvalue weighted by atomic mass is 35.5. The smallest absolute Gasteiger partial charge is 0.355 e. The third-order valence-corrected chi connectivity index (χ3v) is 5.85. The minimum atomic E-state index is -4.78. The summed E-state index contributed by atoms with van der Waals surface area (Å²) in [4.78, 5) is 38.8. The first-order chi connectivity index (χ1) is 18.4. The van der Waals surface area contributed by atoms with E-state index in [1.807, 2.05) is 0 Å². The van der Waals surface area contributed by atoms with Gasteiger partial charge in [0.15, 0.2) is 5.78 Å². The van der Waals surface area contributed by atoms with Crippen molar-refractivity contribution in [1.82, 2.24) is 35.3 Å². The van der Waals surface area contributed by atoms with Crippen molar-refractivity contribution in [3.8, 4) is 5.69 Å². The van der Waals surface area contributed by atoms with E-state index in [1.165, 1.54) is 36.9 Å². The van der Waals surface area contributed by atoms with Crippen LogP contribution in [0.2, 0.25) is 5.02 Å². The highest BCUT2D eigenvalue weighted by molar-refractivity contribution is 6.32. The number of rotatable bonds is 7. The van der Waals surface area contributed by atoms with Gasteiger partial charge in [0.2, 0.25) is 0 Å². The molecule has 11 nitrogen and oxygen atoms in total. The largest absolute Gasteiger partial charge is 0.455 e. The number of anilines is 1. The lowest BCUT2D eigenvalue weighted by atomic mass is 10.0. The Morgan fingerprint density at radius 3 is 2.38 bits per heavy atom. The summed E-state index contributed by atoms with van der Waals surface area (Å²) in [6.07, 6.45) is -4.78. The second kappa shape index (κ2) is 10.6. The van der Waals surface area contributed by atoms with Crippen molar-refractivity contribution in [3.63, 3.8) is 0 Å². The Balaban J connectivity index is 1.76. The van der Waals surface area contributed by atoms with E-state index in [2.05, 4.69) is 31.1 Å². The van der Waals surface area contributed by atoms with Gasteiger partial charge in [0.05, 0.1) is 27.7 Å². The molecule has 4 aromatic rings. The molecule has 0 fully saturated rings. The molecular formula is C24H20ClF3N8O3. The molecule has 0 saturated carbocycles. The van der Waals surface area contributed by atoms with Gasteiger partial charge in [-0.15, -0.1) is 10.2 Å². The van der Waals surface area contributed by atoms with Gasteiger partial charge in [0.1, 0.15) is 12.2 Å². The second-order valence-electron chi connectivity index (χ2n) is 8.33. The van der Waals surface area contributed by atoms with E-state index in [4.69, 9.17) is 11.6 Å². The molecule has 0 aliphatic carbocycles. The molecule has 2 heterocycles. The zero-order valence-corrected chi connectivity index (χ0v) is 21.4. The lowest BCUT2D eigenvalue weighted by molar-refractivity contribution is -0.145. The van der Waals surface area contributed by atoms with Gasteiger partial charge in [-0.25, -0.2) is 4.68 Å². The molecule has 2 aromatic heterocycles. The highest BCUT2D eigenvalue weighted by Gasteiger charge is 2.37. The Kier molecular flexibility index (Phi) is 7.49. The molecule has 0 atom stereocenters. The molecule has 0 unspecified atom stereocenters. The Morgan fingerprint density at radius 2 is 1.77 bits per heavy atom. The first-order valence-electron chi connectivity index (χ1n) is 11.3. The lowest BCUT2D eigenvalue weighted by Crippen LogP contribution is -2.24. The van der Waals surface area contributed by atoms with Crippen LogP contribution in [0.4, 0.5) is 18.9 Å². The maximum absolute atomic E-state index is 13.5. The number of halogens is 4. The molecule has 202 valence electrons. The van der Waals surface area contributed by atoms with Crippen molar-refractivity contribution in [3.05, 3.63) is 81.4 Å². The number of carbonyl (C=O) groups excluding carboxylic acids is 3. The number of aryl methyl sites for hydroxylation is 1. The lowest BCUT2D eigenvalue weighted by Gasteiger charge is -2.15. The minimum absolute atomic E-state index is 0.0489.